The predicted molar refractivity (Wildman–Crippen MR) is 72.1 cm³/mol. The van der Waals surface area contributed by atoms with E-state index in [2.05, 4.69) is 4.98 Å². The van der Waals surface area contributed by atoms with E-state index in [0.29, 0.717) is 6.61 Å². The first-order valence-corrected chi connectivity index (χ1v) is 6.64. The summed E-state index contributed by atoms with van der Waals surface area (Å²) >= 11 is 1.51. The van der Waals surface area contributed by atoms with Gasteiger partial charge in [-0.15, -0.1) is 11.3 Å². The van der Waals surface area contributed by atoms with Crippen molar-refractivity contribution in [1.82, 2.24) is 4.98 Å². The Kier molecular flexibility index (Phi) is 4.61. The van der Waals surface area contributed by atoms with E-state index in [1.807, 2.05) is 37.3 Å². The fraction of sp³-hybridized carbons (Fsp3) is 0.286. The van der Waals surface area contributed by atoms with Crippen molar-refractivity contribution in [2.45, 2.75) is 13.3 Å². The molecule has 0 N–H and O–H groups in total. The molecule has 0 spiro atoms. The number of thiophene rings is 1. The summed E-state index contributed by atoms with van der Waals surface area (Å²) < 4.78 is 5.38. The van der Waals surface area contributed by atoms with Gasteiger partial charge in [-0.25, -0.2) is 0 Å². The second kappa shape index (κ2) is 6.42. The average Bonchev–Trinajstić information content (AvgIpc) is 2.82. The van der Waals surface area contributed by atoms with E-state index in [-0.39, 0.29) is 12.4 Å². The highest BCUT2D eigenvalue weighted by atomic mass is 32.1. The molecule has 0 unspecified atom stereocenters. The molecule has 0 aliphatic heterocycles. The van der Waals surface area contributed by atoms with Crippen LogP contribution in [0.5, 0.6) is 0 Å². The second-order valence-corrected chi connectivity index (χ2v) is 5.25. The third kappa shape index (κ3) is 3.75. The Balaban J connectivity index is 1.71. The van der Waals surface area contributed by atoms with Gasteiger partial charge in [0, 0.05) is 23.2 Å². The molecule has 94 valence electrons. The summed E-state index contributed by atoms with van der Waals surface area (Å²) in [6.07, 6.45) is 2.49. The van der Waals surface area contributed by atoms with Crippen LogP contribution in [-0.4, -0.2) is 24.0 Å². The molecule has 2 aromatic rings. The van der Waals surface area contributed by atoms with E-state index in [9.17, 15) is 4.79 Å². The van der Waals surface area contributed by atoms with Gasteiger partial charge in [0.2, 0.25) is 0 Å². The Morgan fingerprint density at radius 2 is 2.22 bits per heavy atom. The average molecular weight is 261 g/mol. The maximum atomic E-state index is 11.7. The fourth-order valence-corrected chi connectivity index (χ4v) is 2.33. The highest BCUT2D eigenvalue weighted by Gasteiger charge is 2.07. The molecule has 2 aromatic heterocycles. The molecule has 0 radical (unpaired) electrons. The topological polar surface area (TPSA) is 39.2 Å². The molecule has 2 rings (SSSR count). The van der Waals surface area contributed by atoms with Crippen LogP contribution in [0.15, 0.2) is 36.5 Å². The number of hydrogen-bond donors (Lipinski definition) is 0. The number of pyridine rings is 1. The number of nitrogens with zero attached hydrogens (tertiary/aromatic N) is 1. The minimum Gasteiger partial charge on any atom is -0.373 e. The standard InChI is InChI=1S/C14H15NO2S/c1-11-5-6-14(18-11)13(16)10-17-9-7-12-4-2-3-8-15-12/h2-6,8H,7,9-10H2,1H3. The van der Waals surface area contributed by atoms with E-state index in [4.69, 9.17) is 4.74 Å². The summed E-state index contributed by atoms with van der Waals surface area (Å²) in [4.78, 5) is 17.8. The highest BCUT2D eigenvalue weighted by molar-refractivity contribution is 7.14. The van der Waals surface area contributed by atoms with Crippen molar-refractivity contribution in [3.05, 3.63) is 52.0 Å². The Morgan fingerprint density at radius 1 is 1.33 bits per heavy atom. The normalized spacial score (nSPS) is 10.5. The van der Waals surface area contributed by atoms with Gasteiger partial charge < -0.3 is 4.74 Å². The Hall–Kier alpha value is -1.52. The first kappa shape index (κ1) is 12.9. The zero-order valence-electron chi connectivity index (χ0n) is 10.3. The lowest BCUT2D eigenvalue weighted by atomic mass is 10.3. The van der Waals surface area contributed by atoms with Crippen LogP contribution in [0.4, 0.5) is 0 Å². The lowest BCUT2D eigenvalue weighted by Gasteiger charge is -2.02. The number of aromatic nitrogens is 1. The molecule has 0 fully saturated rings. The van der Waals surface area contributed by atoms with Gasteiger partial charge in [0.1, 0.15) is 6.61 Å². The summed E-state index contributed by atoms with van der Waals surface area (Å²) in [6.45, 7) is 2.66. The third-order valence-electron chi connectivity index (χ3n) is 2.48. The predicted octanol–water partition coefficient (Wildman–Crippen LogP) is 2.89. The van der Waals surface area contributed by atoms with Crippen molar-refractivity contribution < 1.29 is 9.53 Å². The summed E-state index contributed by atoms with van der Waals surface area (Å²) in [5.74, 6) is 0.0501. The van der Waals surface area contributed by atoms with Crippen molar-refractivity contribution in [3.8, 4) is 0 Å². The van der Waals surface area contributed by atoms with E-state index in [1.54, 1.807) is 6.20 Å². The van der Waals surface area contributed by atoms with Gasteiger partial charge in [0.15, 0.2) is 5.78 Å². The molecule has 4 heteroatoms. The molecule has 0 aliphatic carbocycles. The summed E-state index contributed by atoms with van der Waals surface area (Å²) in [6, 6.07) is 9.58. The molecule has 0 atom stereocenters. The van der Waals surface area contributed by atoms with E-state index in [1.165, 1.54) is 11.3 Å². The summed E-state index contributed by atoms with van der Waals surface area (Å²) in [7, 11) is 0. The number of Topliss-reactive ketones (excluding diaryl/α,β-unsaturated/α-hetero) is 1. The second-order valence-electron chi connectivity index (χ2n) is 3.96. The number of carbonyl (C=O) groups excluding carboxylic acids is 1. The maximum Gasteiger partial charge on any atom is 0.198 e. The van der Waals surface area contributed by atoms with Gasteiger partial charge in [0.25, 0.3) is 0 Å². The number of ether oxygens (including phenoxy) is 1. The molecule has 0 saturated carbocycles. The van der Waals surface area contributed by atoms with Crippen molar-refractivity contribution in [2.24, 2.45) is 0 Å². The number of carbonyl (C=O) groups is 1. The van der Waals surface area contributed by atoms with Crippen molar-refractivity contribution >= 4 is 17.1 Å². The Bertz CT molecular complexity index is 508. The number of ketones is 1. The lowest BCUT2D eigenvalue weighted by Crippen LogP contribution is -2.09. The minimum absolute atomic E-state index is 0.0501. The Morgan fingerprint density at radius 3 is 2.89 bits per heavy atom. The first-order valence-electron chi connectivity index (χ1n) is 5.83. The quantitative estimate of drug-likeness (QED) is 0.593. The van der Waals surface area contributed by atoms with Crippen LogP contribution >= 0.6 is 11.3 Å². The van der Waals surface area contributed by atoms with Gasteiger partial charge in [-0.2, -0.15) is 0 Å². The maximum absolute atomic E-state index is 11.7. The lowest BCUT2D eigenvalue weighted by molar-refractivity contribution is 0.0768. The van der Waals surface area contributed by atoms with E-state index < -0.39 is 0 Å². The van der Waals surface area contributed by atoms with E-state index in [0.717, 1.165) is 21.9 Å². The largest absolute Gasteiger partial charge is 0.373 e. The molecule has 0 bridgehead atoms. The van der Waals surface area contributed by atoms with Crippen LogP contribution in [0.2, 0.25) is 0 Å². The molecule has 0 saturated heterocycles. The summed E-state index contributed by atoms with van der Waals surface area (Å²) in [5.41, 5.74) is 0.983. The molecular formula is C14H15NO2S. The molecule has 0 aromatic carbocycles. The third-order valence-corrected chi connectivity index (χ3v) is 3.52. The molecule has 2 heterocycles. The molecule has 0 amide bonds. The monoisotopic (exact) mass is 261 g/mol. The highest BCUT2D eigenvalue weighted by Crippen LogP contribution is 2.15. The van der Waals surface area contributed by atoms with Crippen LogP contribution in [0.25, 0.3) is 0 Å². The Labute approximate surface area is 110 Å². The molecule has 18 heavy (non-hydrogen) atoms. The van der Waals surface area contributed by atoms with Gasteiger partial charge in [-0.3, -0.25) is 9.78 Å². The van der Waals surface area contributed by atoms with Gasteiger partial charge in [-0.05, 0) is 31.2 Å². The van der Waals surface area contributed by atoms with Crippen LogP contribution in [0, 0.1) is 6.92 Å². The van der Waals surface area contributed by atoms with Gasteiger partial charge in [-0.1, -0.05) is 6.07 Å². The first-order chi connectivity index (χ1) is 8.75. The fourth-order valence-electron chi connectivity index (χ4n) is 1.54. The zero-order valence-corrected chi connectivity index (χ0v) is 11.1. The van der Waals surface area contributed by atoms with Crippen molar-refractivity contribution in [3.63, 3.8) is 0 Å². The minimum atomic E-state index is 0.0501. The van der Waals surface area contributed by atoms with Gasteiger partial charge >= 0.3 is 0 Å². The summed E-state index contributed by atoms with van der Waals surface area (Å²) in [5, 5.41) is 0. The molecule has 3 nitrogen and oxygen atoms in total. The van der Waals surface area contributed by atoms with Crippen molar-refractivity contribution in [2.75, 3.05) is 13.2 Å². The SMILES string of the molecule is Cc1ccc(C(=O)COCCc2ccccn2)s1. The van der Waals surface area contributed by atoms with Gasteiger partial charge in [0.05, 0.1) is 11.5 Å². The number of rotatable bonds is 6. The van der Waals surface area contributed by atoms with Crippen LogP contribution in [0.3, 0.4) is 0 Å². The number of aryl methyl sites for hydroxylation is 1. The van der Waals surface area contributed by atoms with Crippen LogP contribution in [-0.2, 0) is 11.2 Å². The van der Waals surface area contributed by atoms with Crippen LogP contribution in [0.1, 0.15) is 20.2 Å². The smallest absolute Gasteiger partial charge is 0.198 e. The molecular weight excluding hydrogens is 246 g/mol. The zero-order chi connectivity index (χ0) is 12.8. The number of hydrogen-bond acceptors (Lipinski definition) is 4. The van der Waals surface area contributed by atoms with Crippen molar-refractivity contribution in [1.29, 1.82) is 0 Å². The van der Waals surface area contributed by atoms with E-state index >= 15 is 0 Å². The molecule has 0 aliphatic rings. The van der Waals surface area contributed by atoms with Crippen LogP contribution < -0.4 is 0 Å².